The average molecular weight is 446 g/mol. The number of aromatic nitrogens is 3. The molecule has 7 heteroatoms. The fourth-order valence-electron chi connectivity index (χ4n) is 4.01. The van der Waals surface area contributed by atoms with E-state index in [0.717, 1.165) is 65.1 Å². The summed E-state index contributed by atoms with van der Waals surface area (Å²) in [6.07, 6.45) is 4.06. The average Bonchev–Trinajstić information content (AvgIpc) is 3.18. The zero-order valence-corrected chi connectivity index (χ0v) is 19.5. The summed E-state index contributed by atoms with van der Waals surface area (Å²) in [7, 11) is 5.60. The van der Waals surface area contributed by atoms with E-state index >= 15 is 0 Å². The van der Waals surface area contributed by atoms with Crippen LogP contribution in [0.1, 0.15) is 41.0 Å². The molecule has 4 rings (SSSR count). The summed E-state index contributed by atoms with van der Waals surface area (Å²) in [6, 6.07) is 15.8. The van der Waals surface area contributed by atoms with Crippen molar-refractivity contribution in [2.45, 2.75) is 25.7 Å². The third-order valence-corrected chi connectivity index (χ3v) is 5.70. The number of H-pyrrole nitrogens is 1. The smallest absolute Gasteiger partial charge is 0.337 e. The molecule has 7 nitrogen and oxygen atoms in total. The number of benzene rings is 2. The Morgan fingerprint density at radius 3 is 2.64 bits per heavy atom. The fraction of sp³-hybridized carbons (Fsp3) is 0.346. The first-order chi connectivity index (χ1) is 16.0. The molecule has 0 amide bonds. The van der Waals surface area contributed by atoms with Gasteiger partial charge in [0.25, 0.3) is 0 Å². The highest BCUT2D eigenvalue weighted by Crippen LogP contribution is 2.31. The number of esters is 1. The monoisotopic (exact) mass is 445 g/mol. The van der Waals surface area contributed by atoms with Crippen LogP contribution in [0.5, 0.6) is 0 Å². The number of anilines is 1. The van der Waals surface area contributed by atoms with Crippen molar-refractivity contribution in [3.05, 3.63) is 65.5 Å². The lowest BCUT2D eigenvalue weighted by Gasteiger charge is -2.11. The molecule has 0 atom stereocenters. The molecule has 0 saturated carbocycles. The standard InChI is InChI=1S/C26H31N5O2/c1-31(2)15-9-5-8-14-27-24-23-20-13-12-19(26(32)33-3)17-21(20)28-25(23)30-22(29-24)16-18-10-6-4-7-11-18/h4,6-7,10-13,17H,5,8-9,14-16H2,1-3H3,(H2,27,28,29,30). The van der Waals surface area contributed by atoms with Crippen molar-refractivity contribution in [1.82, 2.24) is 19.9 Å². The number of hydrogen-bond acceptors (Lipinski definition) is 6. The van der Waals surface area contributed by atoms with E-state index in [1.165, 1.54) is 13.5 Å². The summed E-state index contributed by atoms with van der Waals surface area (Å²) in [5.41, 5.74) is 3.27. The number of rotatable bonds is 10. The Morgan fingerprint density at radius 1 is 1.06 bits per heavy atom. The lowest BCUT2D eigenvalue weighted by atomic mass is 10.1. The minimum Gasteiger partial charge on any atom is -0.465 e. The maximum atomic E-state index is 12.0. The summed E-state index contributed by atoms with van der Waals surface area (Å²) in [4.78, 5) is 27.3. The molecule has 172 valence electrons. The first kappa shape index (κ1) is 22.7. The second-order valence-electron chi connectivity index (χ2n) is 8.54. The van der Waals surface area contributed by atoms with Crippen molar-refractivity contribution >= 4 is 33.7 Å². The Labute approximate surface area is 194 Å². The number of nitrogens with zero attached hydrogens (tertiary/aromatic N) is 3. The quantitative estimate of drug-likeness (QED) is 0.273. The first-order valence-corrected chi connectivity index (χ1v) is 11.4. The van der Waals surface area contributed by atoms with Gasteiger partial charge < -0.3 is 19.9 Å². The van der Waals surface area contributed by atoms with Gasteiger partial charge in [0, 0.05) is 23.9 Å². The number of hydrogen-bond donors (Lipinski definition) is 2. The highest BCUT2D eigenvalue weighted by Gasteiger charge is 2.16. The molecular weight excluding hydrogens is 414 g/mol. The van der Waals surface area contributed by atoms with E-state index in [2.05, 4.69) is 41.4 Å². The maximum absolute atomic E-state index is 12.0. The van der Waals surface area contributed by atoms with Gasteiger partial charge in [-0.1, -0.05) is 42.8 Å². The number of nitrogens with one attached hydrogen (secondary N) is 2. The zero-order valence-electron chi connectivity index (χ0n) is 19.5. The van der Waals surface area contributed by atoms with Crippen LogP contribution >= 0.6 is 0 Å². The number of carbonyl (C=O) groups is 1. The molecule has 0 radical (unpaired) electrons. The van der Waals surface area contributed by atoms with Crippen LogP contribution in [0.25, 0.3) is 21.9 Å². The van der Waals surface area contributed by atoms with Gasteiger partial charge in [0.15, 0.2) is 0 Å². The van der Waals surface area contributed by atoms with Crippen molar-refractivity contribution < 1.29 is 9.53 Å². The largest absolute Gasteiger partial charge is 0.465 e. The molecule has 0 unspecified atom stereocenters. The molecule has 2 heterocycles. The second-order valence-corrected chi connectivity index (χ2v) is 8.54. The van der Waals surface area contributed by atoms with Gasteiger partial charge in [-0.25, -0.2) is 14.8 Å². The van der Waals surface area contributed by atoms with Crippen LogP contribution in [0.15, 0.2) is 48.5 Å². The van der Waals surface area contributed by atoms with E-state index in [9.17, 15) is 4.79 Å². The Hall–Kier alpha value is -3.45. The van der Waals surface area contributed by atoms with E-state index in [1.807, 2.05) is 30.3 Å². The van der Waals surface area contributed by atoms with Crippen molar-refractivity contribution in [1.29, 1.82) is 0 Å². The summed E-state index contributed by atoms with van der Waals surface area (Å²) in [6.45, 7) is 1.95. The molecule has 0 aliphatic carbocycles. The number of methoxy groups -OCH3 is 1. The van der Waals surface area contributed by atoms with E-state index in [1.54, 1.807) is 6.07 Å². The minimum absolute atomic E-state index is 0.359. The topological polar surface area (TPSA) is 83.1 Å². The van der Waals surface area contributed by atoms with E-state index in [0.29, 0.717) is 12.0 Å². The number of ether oxygens (including phenoxy) is 1. The van der Waals surface area contributed by atoms with Crippen LogP contribution in [0.3, 0.4) is 0 Å². The second kappa shape index (κ2) is 10.4. The minimum atomic E-state index is -0.359. The van der Waals surface area contributed by atoms with E-state index < -0.39 is 0 Å². The van der Waals surface area contributed by atoms with Crippen molar-refractivity contribution in [2.75, 3.05) is 39.6 Å². The third kappa shape index (κ3) is 5.49. The number of carbonyl (C=O) groups excluding carboxylic acids is 1. The molecule has 2 N–H and O–H groups in total. The Morgan fingerprint density at radius 2 is 1.88 bits per heavy atom. The number of unbranched alkanes of at least 4 members (excludes halogenated alkanes) is 2. The van der Waals surface area contributed by atoms with Crippen LogP contribution in [-0.4, -0.2) is 60.1 Å². The van der Waals surface area contributed by atoms with E-state index in [4.69, 9.17) is 14.7 Å². The van der Waals surface area contributed by atoms with Gasteiger partial charge in [0.05, 0.1) is 18.1 Å². The Kier molecular flexibility index (Phi) is 7.19. The Bertz CT molecular complexity index is 1230. The summed E-state index contributed by atoms with van der Waals surface area (Å²) in [5.74, 6) is 1.22. The molecule has 2 aromatic carbocycles. The van der Waals surface area contributed by atoms with Crippen LogP contribution in [0, 0.1) is 0 Å². The molecule has 33 heavy (non-hydrogen) atoms. The predicted molar refractivity (Wildman–Crippen MR) is 133 cm³/mol. The summed E-state index contributed by atoms with van der Waals surface area (Å²) >= 11 is 0. The highest BCUT2D eigenvalue weighted by molar-refractivity contribution is 6.12. The van der Waals surface area contributed by atoms with Gasteiger partial charge in [-0.15, -0.1) is 0 Å². The number of fused-ring (bicyclic) bond motifs is 3. The fourth-order valence-corrected chi connectivity index (χ4v) is 4.01. The predicted octanol–water partition coefficient (Wildman–Crippen LogP) is 4.63. The number of aromatic amines is 1. The highest BCUT2D eigenvalue weighted by atomic mass is 16.5. The molecule has 0 fully saturated rings. The Balaban J connectivity index is 1.65. The van der Waals surface area contributed by atoms with Gasteiger partial charge in [-0.2, -0.15) is 0 Å². The molecule has 0 spiro atoms. The first-order valence-electron chi connectivity index (χ1n) is 11.4. The molecule has 0 aliphatic heterocycles. The molecule has 2 aromatic heterocycles. The molecule has 0 aliphatic rings. The maximum Gasteiger partial charge on any atom is 0.337 e. The zero-order chi connectivity index (χ0) is 23.2. The van der Waals surface area contributed by atoms with Gasteiger partial charge in [-0.3, -0.25) is 0 Å². The summed E-state index contributed by atoms with van der Waals surface area (Å²) in [5, 5.41) is 5.49. The third-order valence-electron chi connectivity index (χ3n) is 5.70. The normalized spacial score (nSPS) is 11.4. The molecular formula is C26H31N5O2. The van der Waals surface area contributed by atoms with Crippen LogP contribution in [0.4, 0.5) is 5.82 Å². The van der Waals surface area contributed by atoms with Gasteiger partial charge in [0.1, 0.15) is 17.3 Å². The van der Waals surface area contributed by atoms with Crippen molar-refractivity contribution in [3.8, 4) is 0 Å². The molecule has 0 saturated heterocycles. The van der Waals surface area contributed by atoms with Gasteiger partial charge in [-0.05, 0) is 51.2 Å². The van der Waals surface area contributed by atoms with Gasteiger partial charge >= 0.3 is 5.97 Å². The van der Waals surface area contributed by atoms with E-state index in [-0.39, 0.29) is 5.97 Å². The van der Waals surface area contributed by atoms with Gasteiger partial charge in [0.2, 0.25) is 0 Å². The summed E-state index contributed by atoms with van der Waals surface area (Å²) < 4.78 is 4.87. The lowest BCUT2D eigenvalue weighted by molar-refractivity contribution is 0.0601. The SMILES string of the molecule is COC(=O)c1ccc2c(c1)[nH]c1nc(Cc3ccccc3)nc(NCCCCCN(C)C)c12. The van der Waals surface area contributed by atoms with Crippen LogP contribution < -0.4 is 5.32 Å². The van der Waals surface area contributed by atoms with Crippen molar-refractivity contribution in [2.24, 2.45) is 0 Å². The molecule has 0 bridgehead atoms. The van der Waals surface area contributed by atoms with Crippen LogP contribution in [-0.2, 0) is 11.2 Å². The molecule has 4 aromatic rings. The van der Waals surface area contributed by atoms with Crippen LogP contribution in [0.2, 0.25) is 0 Å². The van der Waals surface area contributed by atoms with Crippen molar-refractivity contribution in [3.63, 3.8) is 0 Å². The lowest BCUT2D eigenvalue weighted by Crippen LogP contribution is -2.13.